The van der Waals surface area contributed by atoms with Crippen molar-refractivity contribution in [3.63, 3.8) is 0 Å². The van der Waals surface area contributed by atoms with Gasteiger partial charge < -0.3 is 10.2 Å². The third kappa shape index (κ3) is 7.55. The quantitative estimate of drug-likeness (QED) is 0.409. The molecule has 0 heterocycles. The van der Waals surface area contributed by atoms with Crippen molar-refractivity contribution in [1.82, 2.24) is 0 Å². The third-order valence-corrected chi connectivity index (χ3v) is 5.58. The monoisotopic (exact) mass is 502 g/mol. The molecule has 10 heteroatoms. The average Bonchev–Trinajstić information content (AvgIpc) is 2.65. The van der Waals surface area contributed by atoms with E-state index in [2.05, 4.69) is 9.98 Å². The Hall–Kier alpha value is 0.540. The fraction of sp³-hybridized carbons (Fsp3) is 0.300. The summed E-state index contributed by atoms with van der Waals surface area (Å²) in [7, 11) is 0. The number of halogens is 4. The molecule has 0 radical (unpaired) electrons. The van der Waals surface area contributed by atoms with Crippen molar-refractivity contribution < 1.29 is 69.3 Å². The number of benzene rings is 2. The molecule has 0 saturated heterocycles. The Morgan fingerprint density at radius 3 is 1.43 bits per heavy atom. The van der Waals surface area contributed by atoms with Gasteiger partial charge in [-0.2, -0.15) is 0 Å². The van der Waals surface area contributed by atoms with Gasteiger partial charge in [-0.3, -0.25) is 9.98 Å². The molecule has 4 nitrogen and oxygen atoms in total. The zero-order valence-electron chi connectivity index (χ0n) is 16.7. The summed E-state index contributed by atoms with van der Waals surface area (Å²) in [5.74, 6) is -0.620. The van der Waals surface area contributed by atoms with Gasteiger partial charge in [-0.15, -0.1) is 0 Å². The second-order valence-corrected chi connectivity index (χ2v) is 8.27. The topological polar surface area (TPSA) is 70.8 Å². The van der Waals surface area contributed by atoms with Gasteiger partial charge in [0.15, 0.2) is 0 Å². The number of hydrogen-bond acceptors (Lipinski definition) is 4. The molecule has 1 aliphatic rings. The van der Waals surface area contributed by atoms with E-state index >= 15 is 0 Å². The van der Waals surface area contributed by atoms with Crippen molar-refractivity contribution in [3.05, 3.63) is 55.5 Å². The molecule has 148 valence electrons. The maximum absolute atomic E-state index is 12.1. The molecular formula is C20H16Cl4N2Na2O2. The number of hydrogen-bond donors (Lipinski definition) is 0. The number of rotatable bonds is 4. The van der Waals surface area contributed by atoms with Gasteiger partial charge in [0.05, 0.1) is 12.1 Å². The Morgan fingerprint density at radius 1 is 0.700 bits per heavy atom. The van der Waals surface area contributed by atoms with Crippen LogP contribution in [0.3, 0.4) is 0 Å². The molecule has 3 rings (SSSR count). The van der Waals surface area contributed by atoms with E-state index in [0.717, 1.165) is 25.7 Å². The molecule has 0 unspecified atom stereocenters. The van der Waals surface area contributed by atoms with Gasteiger partial charge >= 0.3 is 59.1 Å². The molecule has 0 N–H and O–H groups in total. The zero-order chi connectivity index (χ0) is 20.3. The summed E-state index contributed by atoms with van der Waals surface area (Å²) < 4.78 is 0. The standard InChI is InChI=1S/C20H18Cl4N2O2.2Na/c21-13-5-11(19(27)15(23)7-13)9-25-17-3-1-2-4-18(17)26-10-12-6-14(22)8-16(24)20(12)28;;/h5-10,17-18,27-28H,1-4H2;;/q;2*+1/p-2/t17-,18-;;/m1../s1. The molecular weight excluding hydrogens is 488 g/mol. The number of nitrogens with zero attached hydrogens (tertiary/aromatic N) is 2. The van der Waals surface area contributed by atoms with Crippen LogP contribution in [0.2, 0.25) is 20.1 Å². The van der Waals surface area contributed by atoms with Crippen molar-refractivity contribution in [2.75, 3.05) is 0 Å². The molecule has 30 heavy (non-hydrogen) atoms. The SMILES string of the molecule is [Na+].[Na+].[O-]c1c(Cl)cc(Cl)cc1C=N[C@@H]1CCCC[C@H]1N=Cc1cc(Cl)cc(Cl)c1[O-]. The molecule has 0 amide bonds. The molecule has 1 saturated carbocycles. The van der Waals surface area contributed by atoms with Crippen LogP contribution >= 0.6 is 46.4 Å². The van der Waals surface area contributed by atoms with Crippen molar-refractivity contribution in [1.29, 1.82) is 0 Å². The van der Waals surface area contributed by atoms with Gasteiger partial charge in [0.1, 0.15) is 0 Å². The van der Waals surface area contributed by atoms with Crippen LogP contribution in [0.5, 0.6) is 11.5 Å². The fourth-order valence-corrected chi connectivity index (χ4v) is 4.16. The van der Waals surface area contributed by atoms with Gasteiger partial charge in [0.25, 0.3) is 0 Å². The van der Waals surface area contributed by atoms with Crippen molar-refractivity contribution in [2.24, 2.45) is 9.98 Å². The second-order valence-electron chi connectivity index (χ2n) is 6.59. The normalized spacial score (nSPS) is 18.9. The fourth-order valence-electron chi connectivity index (χ4n) is 3.14. The maximum atomic E-state index is 12.1. The first-order valence-corrected chi connectivity index (χ1v) is 10.2. The van der Waals surface area contributed by atoms with Crippen LogP contribution in [-0.4, -0.2) is 24.5 Å². The second kappa shape index (κ2) is 13.3. The van der Waals surface area contributed by atoms with Crippen molar-refractivity contribution in [3.8, 4) is 11.5 Å². The summed E-state index contributed by atoms with van der Waals surface area (Å²) in [6.07, 6.45) is 6.72. The molecule has 1 fully saturated rings. The minimum Gasteiger partial charge on any atom is -0.871 e. The molecule has 2 aromatic carbocycles. The third-order valence-electron chi connectivity index (χ3n) is 4.58. The maximum Gasteiger partial charge on any atom is 1.00 e. The minimum atomic E-state index is -0.310. The first kappa shape index (κ1) is 28.6. The largest absolute Gasteiger partial charge is 1.00 e. The summed E-state index contributed by atoms with van der Waals surface area (Å²) in [5, 5.41) is 25.1. The van der Waals surface area contributed by atoms with Crippen LogP contribution < -0.4 is 69.3 Å². The minimum absolute atomic E-state index is 0. The molecule has 0 aromatic heterocycles. The van der Waals surface area contributed by atoms with Crippen LogP contribution in [0.4, 0.5) is 0 Å². The molecule has 2 atom stereocenters. The van der Waals surface area contributed by atoms with Crippen LogP contribution in [0, 0.1) is 0 Å². The summed E-state index contributed by atoms with van der Waals surface area (Å²) in [6.45, 7) is 0. The Labute approximate surface area is 240 Å². The average molecular weight is 504 g/mol. The molecule has 1 aliphatic carbocycles. The van der Waals surface area contributed by atoms with E-state index in [4.69, 9.17) is 46.4 Å². The van der Waals surface area contributed by atoms with Crippen LogP contribution in [0.25, 0.3) is 0 Å². The van der Waals surface area contributed by atoms with Gasteiger partial charge in [-0.05, 0) is 48.2 Å². The van der Waals surface area contributed by atoms with Gasteiger partial charge in [0, 0.05) is 32.5 Å². The summed E-state index contributed by atoms with van der Waals surface area (Å²) in [4.78, 5) is 9.12. The van der Waals surface area contributed by atoms with Crippen LogP contribution in [0.15, 0.2) is 34.3 Å². The Balaban J connectivity index is 0.00000225. The smallest absolute Gasteiger partial charge is 0.871 e. The Bertz CT molecular complexity index is 866. The van der Waals surface area contributed by atoms with Crippen molar-refractivity contribution >= 4 is 58.8 Å². The Kier molecular flexibility index (Phi) is 12.7. The summed E-state index contributed by atoms with van der Waals surface area (Å²) in [5.41, 5.74) is 0.684. The summed E-state index contributed by atoms with van der Waals surface area (Å²) >= 11 is 23.7. The Morgan fingerprint density at radius 2 is 1.07 bits per heavy atom. The predicted molar refractivity (Wildman–Crippen MR) is 113 cm³/mol. The van der Waals surface area contributed by atoms with E-state index in [0.29, 0.717) is 21.2 Å². The number of aliphatic imine (C=N–C) groups is 2. The van der Waals surface area contributed by atoms with Crippen LogP contribution in [0.1, 0.15) is 36.8 Å². The first-order chi connectivity index (χ1) is 13.3. The van der Waals surface area contributed by atoms with E-state index < -0.39 is 0 Å². The van der Waals surface area contributed by atoms with E-state index in [-0.39, 0.29) is 92.7 Å². The van der Waals surface area contributed by atoms with Crippen LogP contribution in [-0.2, 0) is 0 Å². The summed E-state index contributed by atoms with van der Waals surface area (Å²) in [6, 6.07) is 5.69. The zero-order valence-corrected chi connectivity index (χ0v) is 23.7. The molecule has 0 aliphatic heterocycles. The van der Waals surface area contributed by atoms with Gasteiger partial charge in [0.2, 0.25) is 0 Å². The van der Waals surface area contributed by atoms with Gasteiger partial charge in [-0.25, -0.2) is 0 Å². The van der Waals surface area contributed by atoms with E-state index in [1.165, 1.54) is 36.7 Å². The predicted octanol–water partition coefficient (Wildman–Crippen LogP) is -0.695. The first-order valence-electron chi connectivity index (χ1n) is 8.73. The molecule has 0 bridgehead atoms. The van der Waals surface area contributed by atoms with E-state index in [9.17, 15) is 10.2 Å². The molecule has 0 spiro atoms. The molecule has 2 aromatic rings. The van der Waals surface area contributed by atoms with Crippen molar-refractivity contribution in [2.45, 2.75) is 37.8 Å². The van der Waals surface area contributed by atoms with E-state index in [1.807, 2.05) is 0 Å². The van der Waals surface area contributed by atoms with Gasteiger partial charge in [-0.1, -0.05) is 70.7 Å². The van der Waals surface area contributed by atoms with E-state index in [1.54, 1.807) is 0 Å².